The molecule has 21 heteroatoms. The topological polar surface area (TPSA) is 185 Å². The minimum absolute atomic E-state index is 0.0720. The molecule has 4 atom stereocenters. The summed E-state index contributed by atoms with van der Waals surface area (Å²) >= 11 is 0. The summed E-state index contributed by atoms with van der Waals surface area (Å²) in [5.41, 5.74) is 7.32. The second-order valence-electron chi connectivity index (χ2n) is 25.2. The van der Waals surface area contributed by atoms with Crippen LogP contribution in [-0.2, 0) is 46.5 Å². The Morgan fingerprint density at radius 2 is 1.09 bits per heavy atom. The van der Waals surface area contributed by atoms with Gasteiger partial charge in [-0.05, 0) is 136 Å². The van der Waals surface area contributed by atoms with Crippen LogP contribution in [0.25, 0.3) is 0 Å². The molecule has 4 saturated heterocycles. The fourth-order valence-corrected chi connectivity index (χ4v) is 12.5. The number of aromatic nitrogens is 4. The number of nitrogens with zero attached hydrogens (tertiary/aromatic N) is 7. The molecule has 0 radical (unpaired) electrons. The number of hydrogen-bond acceptors (Lipinski definition) is 13. The van der Waals surface area contributed by atoms with E-state index in [9.17, 15) is 41.5 Å². The Balaban J connectivity index is 0.000000216. The molecule has 4 aliphatic heterocycles. The third-order valence-electron chi connectivity index (χ3n) is 17.6. The normalized spacial score (nSPS) is 18.7. The van der Waals surface area contributed by atoms with E-state index in [1.54, 1.807) is 12.4 Å². The molecule has 6 aromatic rings. The first-order valence-corrected chi connectivity index (χ1v) is 32.2. The van der Waals surface area contributed by atoms with Gasteiger partial charge in [0.1, 0.15) is 29.6 Å². The van der Waals surface area contributed by atoms with E-state index in [0.29, 0.717) is 93.8 Å². The lowest BCUT2D eigenvalue weighted by molar-refractivity contribution is -0.149. The molecule has 0 unspecified atom stereocenters. The number of benzene rings is 4. The van der Waals surface area contributed by atoms with Crippen molar-refractivity contribution < 1.29 is 51.0 Å². The molecule has 17 nitrogen and oxygen atoms in total. The second kappa shape index (κ2) is 32.9. The number of imidazole rings is 2. The van der Waals surface area contributed by atoms with Crippen LogP contribution in [0.3, 0.4) is 0 Å². The van der Waals surface area contributed by atoms with E-state index in [1.807, 2.05) is 49.2 Å². The molecule has 6 heterocycles. The number of aryl methyl sites for hydroxylation is 2. The molecule has 0 aliphatic carbocycles. The van der Waals surface area contributed by atoms with Crippen molar-refractivity contribution in [3.8, 4) is 0 Å². The highest BCUT2D eigenvalue weighted by Crippen LogP contribution is 2.37. The SMILES string of the molecule is CC(C)CC=O.CCOC(=O)C1CCN(c2cc(C)ccc2Cn2ccnc2NC(=O)[C@@H]2CN(CCC(C)C)C[C@H]2c2ccc(F)cc2F)CC1.CCOC(=O)C1CCN(c2cc(C)ccc2Cn2ccnc2NC(=O)[C@@H]2CNC[C@H]2c2ccc(F)cc2F)CC1. The molecule has 10 rings (SSSR count). The first-order chi connectivity index (χ1) is 43.7. The van der Waals surface area contributed by atoms with Gasteiger partial charge in [-0.15, -0.1) is 0 Å². The lowest BCUT2D eigenvalue weighted by Crippen LogP contribution is -2.37. The summed E-state index contributed by atoms with van der Waals surface area (Å²) in [4.78, 5) is 76.9. The molecule has 0 saturated carbocycles. The Morgan fingerprint density at radius 1 is 0.615 bits per heavy atom. The molecule has 2 aromatic heterocycles. The molecule has 2 amide bonds. The molecule has 4 aromatic carbocycles. The van der Waals surface area contributed by atoms with Gasteiger partial charge in [0.05, 0.1) is 50.0 Å². The number of nitrogens with one attached hydrogen (secondary N) is 3. The first kappa shape index (κ1) is 69.0. The van der Waals surface area contributed by atoms with Gasteiger partial charge in [-0.2, -0.15) is 0 Å². The Morgan fingerprint density at radius 3 is 1.52 bits per heavy atom. The van der Waals surface area contributed by atoms with E-state index in [1.165, 1.54) is 24.3 Å². The van der Waals surface area contributed by atoms with Crippen molar-refractivity contribution in [2.45, 2.75) is 119 Å². The van der Waals surface area contributed by atoms with Gasteiger partial charge in [0, 0.05) is 119 Å². The zero-order chi connectivity index (χ0) is 65.3. The summed E-state index contributed by atoms with van der Waals surface area (Å²) in [5.74, 6) is -3.42. The van der Waals surface area contributed by atoms with Crippen LogP contribution in [0.4, 0.5) is 40.8 Å². The molecule has 0 spiro atoms. The van der Waals surface area contributed by atoms with Crippen molar-refractivity contribution in [2.75, 3.05) is 92.5 Å². The van der Waals surface area contributed by atoms with Crippen LogP contribution in [0.15, 0.2) is 97.6 Å². The number of amides is 2. The highest BCUT2D eigenvalue weighted by atomic mass is 19.1. The predicted molar refractivity (Wildman–Crippen MR) is 345 cm³/mol. The van der Waals surface area contributed by atoms with Gasteiger partial charge in [-0.3, -0.25) is 29.8 Å². The number of anilines is 4. The number of likely N-dealkylation sites (tertiary alicyclic amines) is 1. The van der Waals surface area contributed by atoms with E-state index >= 15 is 0 Å². The minimum Gasteiger partial charge on any atom is -0.466 e. The van der Waals surface area contributed by atoms with Crippen LogP contribution in [0.2, 0.25) is 0 Å². The Bertz CT molecular complexity index is 3410. The maximum absolute atomic E-state index is 14.9. The van der Waals surface area contributed by atoms with Crippen molar-refractivity contribution in [1.29, 1.82) is 0 Å². The van der Waals surface area contributed by atoms with Crippen LogP contribution in [0, 0.1) is 72.6 Å². The summed E-state index contributed by atoms with van der Waals surface area (Å²) in [5, 5.41) is 9.13. The lowest BCUT2D eigenvalue weighted by Gasteiger charge is -2.34. The number of piperidine rings is 2. The number of rotatable bonds is 21. The van der Waals surface area contributed by atoms with E-state index in [2.05, 4.69) is 105 Å². The van der Waals surface area contributed by atoms with Crippen LogP contribution in [-0.4, -0.2) is 126 Å². The average molecular weight is 1260 g/mol. The summed E-state index contributed by atoms with van der Waals surface area (Å²) in [6.45, 7) is 23.6. The molecular weight excluding hydrogens is 1170 g/mol. The van der Waals surface area contributed by atoms with Crippen molar-refractivity contribution in [2.24, 2.45) is 35.5 Å². The van der Waals surface area contributed by atoms with Gasteiger partial charge < -0.3 is 43.4 Å². The fraction of sp³-hybridized carbons (Fsp3) is 0.500. The molecule has 0 bridgehead atoms. The van der Waals surface area contributed by atoms with Crippen molar-refractivity contribution in [3.05, 3.63) is 154 Å². The monoisotopic (exact) mass is 1260 g/mol. The van der Waals surface area contributed by atoms with Gasteiger partial charge in [0.25, 0.3) is 0 Å². The second-order valence-corrected chi connectivity index (χ2v) is 25.2. The molecule has 490 valence electrons. The minimum atomic E-state index is -0.647. The highest BCUT2D eigenvalue weighted by Gasteiger charge is 2.41. The number of esters is 2. The van der Waals surface area contributed by atoms with Crippen LogP contribution >= 0.6 is 0 Å². The van der Waals surface area contributed by atoms with Crippen molar-refractivity contribution >= 4 is 53.3 Å². The van der Waals surface area contributed by atoms with Crippen molar-refractivity contribution in [3.63, 3.8) is 0 Å². The van der Waals surface area contributed by atoms with E-state index in [0.717, 1.165) is 117 Å². The average Bonchev–Trinajstić information content (AvgIpc) is 1.81. The molecular formula is C70H90F4N10O7. The number of carbonyl (C=O) groups excluding carboxylic acids is 5. The number of ether oxygens (including phenoxy) is 2. The van der Waals surface area contributed by atoms with E-state index < -0.39 is 46.9 Å². The van der Waals surface area contributed by atoms with Gasteiger partial charge in [0.15, 0.2) is 0 Å². The first-order valence-electron chi connectivity index (χ1n) is 32.2. The summed E-state index contributed by atoms with van der Waals surface area (Å²) in [6.07, 6.45) is 12.5. The number of carbonyl (C=O) groups is 5. The number of hydrogen-bond donors (Lipinski definition) is 3. The number of halogens is 4. The fourth-order valence-electron chi connectivity index (χ4n) is 12.5. The predicted octanol–water partition coefficient (Wildman–Crippen LogP) is 11.5. The maximum Gasteiger partial charge on any atom is 0.309 e. The van der Waals surface area contributed by atoms with Gasteiger partial charge >= 0.3 is 11.9 Å². The summed E-state index contributed by atoms with van der Waals surface area (Å²) in [6, 6.07) is 19.8. The zero-order valence-corrected chi connectivity index (χ0v) is 53.9. The van der Waals surface area contributed by atoms with Crippen molar-refractivity contribution in [1.82, 2.24) is 29.3 Å². The zero-order valence-electron chi connectivity index (χ0n) is 53.9. The maximum atomic E-state index is 14.9. The third-order valence-corrected chi connectivity index (χ3v) is 17.6. The highest BCUT2D eigenvalue weighted by molar-refractivity contribution is 5.93. The van der Waals surface area contributed by atoms with Gasteiger partial charge in [0.2, 0.25) is 23.7 Å². The molecule has 4 fully saturated rings. The molecule has 4 aliphatic rings. The largest absolute Gasteiger partial charge is 0.466 e. The van der Waals surface area contributed by atoms with Crippen LogP contribution in [0.5, 0.6) is 0 Å². The third kappa shape index (κ3) is 18.6. The van der Waals surface area contributed by atoms with E-state index in [-0.39, 0.29) is 35.6 Å². The number of aldehydes is 1. The quantitative estimate of drug-likeness (QED) is 0.0352. The Kier molecular flexibility index (Phi) is 24.9. The Hall–Kier alpha value is -7.91. The van der Waals surface area contributed by atoms with Crippen LogP contribution < -0.4 is 25.8 Å². The van der Waals surface area contributed by atoms with Gasteiger partial charge in [-0.1, -0.05) is 64.1 Å². The Labute approximate surface area is 532 Å². The van der Waals surface area contributed by atoms with E-state index in [4.69, 9.17) is 9.47 Å². The van der Waals surface area contributed by atoms with Gasteiger partial charge in [-0.25, -0.2) is 27.5 Å². The lowest BCUT2D eigenvalue weighted by atomic mass is 9.88. The van der Waals surface area contributed by atoms with Crippen LogP contribution in [0.1, 0.15) is 125 Å². The summed E-state index contributed by atoms with van der Waals surface area (Å²) < 4.78 is 70.9. The molecule has 3 N–H and O–H groups in total. The standard InChI is InChI=1S/C35H45F2N5O3.C30H35F2N5O3.C5H10O/c1-5-45-34(44)25-11-15-41(16-12-25)32-18-24(4)6-7-26(32)20-42-17-13-38-35(42)39-33(43)30-22-40(14-10-23(2)3)21-29(30)28-9-8-27(36)19-31(28)37;1-3-40-29(39)20-8-11-36(12-9-20)27-14-19(2)4-5-21(27)18-37-13-10-34-30(37)35-28(38)25-17-33-16-24(25)23-7-6-22(31)15-26(23)32;1-5(2)3-4-6/h6-9,13,17-19,23,25,29-30H,5,10-12,14-16,20-22H2,1-4H3,(H,38,39,43);4-7,10,13-15,20,24-25,33H,3,8-9,11-12,16-18H2,1-2H3,(H,34,35,38);4-5H,3H2,1-2H3/t29-,30+;24-,25+;/m00./s1. The smallest absolute Gasteiger partial charge is 0.309 e. The summed E-state index contributed by atoms with van der Waals surface area (Å²) in [7, 11) is 0. The molecule has 91 heavy (non-hydrogen) atoms.